The fraction of sp³-hybridized carbons (Fsp3) is 0.773. The third-order valence-corrected chi connectivity index (χ3v) is 5.44. The molecule has 0 bridgehead atoms. The Balaban J connectivity index is 2.67. The number of hydrogen-bond donors (Lipinski definition) is 2. The van der Waals surface area contributed by atoms with Crippen molar-refractivity contribution < 1.29 is 24.5 Å². The second kappa shape index (κ2) is 11.6. The molecule has 1 aliphatic rings. The van der Waals surface area contributed by atoms with Crippen LogP contribution < -0.4 is 0 Å². The van der Waals surface area contributed by atoms with Crippen molar-refractivity contribution in [2.75, 3.05) is 13.2 Å². The first-order chi connectivity index (χ1) is 12.7. The summed E-state index contributed by atoms with van der Waals surface area (Å²) in [7, 11) is 0. The summed E-state index contributed by atoms with van der Waals surface area (Å²) in [5.74, 6) is -0.0954. The maximum Gasteiger partial charge on any atom is 0.303 e. The molecule has 1 heterocycles. The first-order valence-electron chi connectivity index (χ1n) is 10.1. The van der Waals surface area contributed by atoms with Gasteiger partial charge in [-0.05, 0) is 64.4 Å². The van der Waals surface area contributed by atoms with E-state index in [2.05, 4.69) is 13.0 Å². The van der Waals surface area contributed by atoms with E-state index in [1.165, 1.54) is 12.5 Å². The van der Waals surface area contributed by atoms with Gasteiger partial charge in [-0.3, -0.25) is 4.79 Å². The van der Waals surface area contributed by atoms with Crippen LogP contribution in [-0.4, -0.2) is 47.2 Å². The number of hydrogen-bond acceptors (Lipinski definition) is 5. The van der Waals surface area contributed by atoms with E-state index in [4.69, 9.17) is 14.6 Å². The van der Waals surface area contributed by atoms with Crippen LogP contribution in [0.2, 0.25) is 0 Å². The lowest BCUT2D eigenvalue weighted by Gasteiger charge is -2.35. The van der Waals surface area contributed by atoms with Gasteiger partial charge in [0.2, 0.25) is 0 Å². The van der Waals surface area contributed by atoms with E-state index in [-0.39, 0.29) is 30.7 Å². The second-order valence-corrected chi connectivity index (χ2v) is 8.24. The van der Waals surface area contributed by atoms with Crippen LogP contribution in [0.25, 0.3) is 0 Å². The van der Waals surface area contributed by atoms with Crippen molar-refractivity contribution in [2.24, 2.45) is 5.92 Å². The zero-order chi connectivity index (χ0) is 20.4. The summed E-state index contributed by atoms with van der Waals surface area (Å²) in [5.41, 5.74) is 1.71. The molecule has 0 saturated carbocycles. The molecule has 2 unspecified atom stereocenters. The van der Waals surface area contributed by atoms with Crippen LogP contribution in [-0.2, 0) is 14.3 Å². The lowest BCUT2D eigenvalue weighted by atomic mass is 9.87. The van der Waals surface area contributed by atoms with E-state index >= 15 is 0 Å². The first kappa shape index (κ1) is 23.9. The van der Waals surface area contributed by atoms with Gasteiger partial charge < -0.3 is 19.7 Å². The maximum absolute atomic E-state index is 11.5. The van der Waals surface area contributed by atoms with Crippen LogP contribution in [0.5, 0.6) is 0 Å². The molecule has 0 aliphatic carbocycles. The zero-order valence-corrected chi connectivity index (χ0v) is 17.7. The van der Waals surface area contributed by atoms with Gasteiger partial charge in [-0.1, -0.05) is 31.1 Å². The topological polar surface area (TPSA) is 76.0 Å². The Morgan fingerprint density at radius 1 is 1.41 bits per heavy atom. The number of rotatable bonds is 9. The average Bonchev–Trinajstić information content (AvgIpc) is 2.73. The van der Waals surface area contributed by atoms with Crippen molar-refractivity contribution in [3.63, 3.8) is 0 Å². The van der Waals surface area contributed by atoms with Crippen molar-refractivity contribution >= 4 is 5.97 Å². The SMILES string of the molecule is CC(=O)O[C@@H]1CCC(=CCO)CO[C@@]1(C)CCCC(C)C(O)CC=C(C)C. The fourth-order valence-electron chi connectivity index (χ4n) is 3.51. The highest BCUT2D eigenvalue weighted by Crippen LogP contribution is 2.34. The molecule has 0 aromatic carbocycles. The van der Waals surface area contributed by atoms with Gasteiger partial charge in [-0.2, -0.15) is 0 Å². The summed E-state index contributed by atoms with van der Waals surface area (Å²) < 4.78 is 11.7. The van der Waals surface area contributed by atoms with Crippen LogP contribution in [0.15, 0.2) is 23.3 Å². The number of esters is 1. The quantitative estimate of drug-likeness (QED) is 0.467. The lowest BCUT2D eigenvalue weighted by Crippen LogP contribution is -2.43. The highest BCUT2D eigenvalue weighted by molar-refractivity contribution is 5.66. The minimum absolute atomic E-state index is 0.00523. The van der Waals surface area contributed by atoms with Crippen molar-refractivity contribution in [2.45, 2.75) is 91.0 Å². The monoisotopic (exact) mass is 382 g/mol. The van der Waals surface area contributed by atoms with Gasteiger partial charge in [-0.25, -0.2) is 0 Å². The molecule has 4 atom stereocenters. The second-order valence-electron chi connectivity index (χ2n) is 8.24. The van der Waals surface area contributed by atoms with Crippen molar-refractivity contribution in [3.8, 4) is 0 Å². The Kier molecular flexibility index (Phi) is 10.3. The van der Waals surface area contributed by atoms with E-state index in [1.807, 2.05) is 20.8 Å². The van der Waals surface area contributed by atoms with Gasteiger partial charge in [0.1, 0.15) is 11.7 Å². The average molecular weight is 383 g/mol. The highest BCUT2D eigenvalue weighted by Gasteiger charge is 2.39. The molecule has 1 rings (SSSR count). The van der Waals surface area contributed by atoms with Gasteiger partial charge in [0.25, 0.3) is 0 Å². The van der Waals surface area contributed by atoms with Gasteiger partial charge in [-0.15, -0.1) is 0 Å². The fourth-order valence-corrected chi connectivity index (χ4v) is 3.51. The Morgan fingerprint density at radius 2 is 2.11 bits per heavy atom. The van der Waals surface area contributed by atoms with Crippen LogP contribution in [0, 0.1) is 5.92 Å². The molecule has 0 radical (unpaired) electrons. The Labute approximate surface area is 164 Å². The summed E-state index contributed by atoms with van der Waals surface area (Å²) in [4.78, 5) is 11.5. The molecule has 0 aromatic rings. The summed E-state index contributed by atoms with van der Waals surface area (Å²) in [6, 6.07) is 0. The largest absolute Gasteiger partial charge is 0.459 e. The summed E-state index contributed by atoms with van der Waals surface area (Å²) in [5, 5.41) is 19.4. The molecule has 5 heteroatoms. The summed E-state index contributed by atoms with van der Waals surface area (Å²) >= 11 is 0. The standard InChI is InChI=1S/C22H38O5/c1-16(2)8-10-20(25)17(3)7-6-13-22(5)21(27-18(4)24)11-9-19(12-14-23)15-26-22/h8,12,17,20-21,23,25H,6-7,9-11,13-15H2,1-5H3/t17?,20?,21-,22+/m1/s1. The van der Waals surface area contributed by atoms with Crippen molar-refractivity contribution in [1.82, 2.24) is 0 Å². The van der Waals surface area contributed by atoms with Crippen molar-refractivity contribution in [1.29, 1.82) is 0 Å². The molecule has 0 amide bonds. The van der Waals surface area contributed by atoms with Crippen LogP contribution >= 0.6 is 0 Å². The van der Waals surface area contributed by atoms with E-state index < -0.39 is 5.60 Å². The normalized spacial score (nSPS) is 26.9. The van der Waals surface area contributed by atoms with Crippen LogP contribution in [0.4, 0.5) is 0 Å². The van der Waals surface area contributed by atoms with Gasteiger partial charge in [0, 0.05) is 6.92 Å². The molecule has 1 fully saturated rings. The Hall–Kier alpha value is -1.17. The van der Waals surface area contributed by atoms with Gasteiger partial charge in [0.05, 0.1) is 19.3 Å². The van der Waals surface area contributed by atoms with Crippen LogP contribution in [0.1, 0.15) is 73.1 Å². The first-order valence-corrected chi connectivity index (χ1v) is 10.1. The molecule has 27 heavy (non-hydrogen) atoms. The maximum atomic E-state index is 11.5. The number of aliphatic hydroxyl groups is 2. The van der Waals surface area contributed by atoms with Gasteiger partial charge >= 0.3 is 5.97 Å². The van der Waals surface area contributed by atoms with E-state index in [0.717, 1.165) is 31.3 Å². The number of ether oxygens (including phenoxy) is 2. The minimum Gasteiger partial charge on any atom is -0.459 e. The number of carbonyl (C=O) groups excluding carboxylic acids is 1. The molecule has 5 nitrogen and oxygen atoms in total. The number of allylic oxidation sites excluding steroid dienone is 1. The van der Waals surface area contributed by atoms with E-state index in [0.29, 0.717) is 19.4 Å². The molecule has 1 aliphatic heterocycles. The third kappa shape index (κ3) is 8.58. The molecule has 1 saturated heterocycles. The smallest absolute Gasteiger partial charge is 0.303 e. The third-order valence-electron chi connectivity index (χ3n) is 5.44. The number of carbonyl (C=O) groups is 1. The molecule has 2 N–H and O–H groups in total. The molecular formula is C22H38O5. The van der Waals surface area contributed by atoms with Gasteiger partial charge in [0.15, 0.2) is 0 Å². The zero-order valence-electron chi connectivity index (χ0n) is 17.7. The lowest BCUT2D eigenvalue weighted by molar-refractivity contribution is -0.167. The minimum atomic E-state index is -0.554. The predicted octanol–water partition coefficient (Wildman–Crippen LogP) is 3.93. The predicted molar refractivity (Wildman–Crippen MR) is 107 cm³/mol. The molecule has 0 spiro atoms. The molecule has 156 valence electrons. The van der Waals surface area contributed by atoms with Crippen LogP contribution in [0.3, 0.4) is 0 Å². The molecular weight excluding hydrogens is 344 g/mol. The van der Waals surface area contributed by atoms with E-state index in [1.54, 1.807) is 6.08 Å². The molecule has 0 aromatic heterocycles. The highest BCUT2D eigenvalue weighted by atomic mass is 16.6. The number of aliphatic hydroxyl groups excluding tert-OH is 2. The Bertz CT molecular complexity index is 521. The summed E-state index contributed by atoms with van der Waals surface area (Å²) in [6.07, 6.45) is 7.88. The Morgan fingerprint density at radius 3 is 2.70 bits per heavy atom. The van der Waals surface area contributed by atoms with E-state index in [9.17, 15) is 9.90 Å². The van der Waals surface area contributed by atoms with Crippen molar-refractivity contribution in [3.05, 3.63) is 23.3 Å². The summed E-state index contributed by atoms with van der Waals surface area (Å²) in [6.45, 7) is 10.0.